The zero-order valence-corrected chi connectivity index (χ0v) is 12.6. The Balaban J connectivity index is 1.92. The highest BCUT2D eigenvalue weighted by molar-refractivity contribution is 5.95. The van der Waals surface area contributed by atoms with E-state index in [2.05, 4.69) is 17.2 Å². The molecule has 0 unspecified atom stereocenters. The Hall–Kier alpha value is -2.75. The van der Waals surface area contributed by atoms with Gasteiger partial charge in [0.1, 0.15) is 12.4 Å². The van der Waals surface area contributed by atoms with E-state index >= 15 is 0 Å². The quantitative estimate of drug-likeness (QED) is 0.766. The summed E-state index contributed by atoms with van der Waals surface area (Å²) < 4.78 is 5.63. The zero-order chi connectivity index (χ0) is 15.8. The predicted molar refractivity (Wildman–Crippen MR) is 90.3 cm³/mol. The Bertz CT molecular complexity index is 639. The molecule has 0 aliphatic heterocycles. The highest BCUT2D eigenvalue weighted by Crippen LogP contribution is 2.24. The van der Waals surface area contributed by atoms with Crippen LogP contribution in [-0.2, 0) is 4.79 Å². The van der Waals surface area contributed by atoms with E-state index in [1.165, 1.54) is 0 Å². The number of hydrogen-bond donors (Lipinski definition) is 2. The Morgan fingerprint density at radius 3 is 2.50 bits per heavy atom. The third-order valence-electron chi connectivity index (χ3n) is 2.86. The Kier molecular flexibility index (Phi) is 5.60. The van der Waals surface area contributed by atoms with Crippen LogP contribution in [0.3, 0.4) is 0 Å². The number of carbonyl (C=O) groups is 1. The molecule has 0 saturated heterocycles. The third kappa shape index (κ3) is 4.98. The number of para-hydroxylation sites is 3. The number of hydrogen-bond acceptors (Lipinski definition) is 3. The number of benzene rings is 2. The van der Waals surface area contributed by atoms with Gasteiger partial charge in [-0.2, -0.15) is 0 Å². The molecule has 0 bridgehead atoms. The fourth-order valence-corrected chi connectivity index (χ4v) is 1.83. The normalized spacial score (nSPS) is 9.86. The summed E-state index contributed by atoms with van der Waals surface area (Å²) >= 11 is 0. The molecule has 0 spiro atoms. The van der Waals surface area contributed by atoms with Gasteiger partial charge in [-0.1, -0.05) is 36.9 Å². The number of rotatable bonds is 7. The molecule has 2 aromatic carbocycles. The highest BCUT2D eigenvalue weighted by atomic mass is 16.5. The Morgan fingerprint density at radius 1 is 1.09 bits per heavy atom. The van der Waals surface area contributed by atoms with Crippen molar-refractivity contribution in [1.29, 1.82) is 0 Å². The van der Waals surface area contributed by atoms with Crippen molar-refractivity contribution in [3.63, 3.8) is 0 Å². The first kappa shape index (κ1) is 15.6. The molecule has 0 fully saturated rings. The summed E-state index contributed by atoms with van der Waals surface area (Å²) in [6.07, 6.45) is 0. The second kappa shape index (κ2) is 7.88. The number of ether oxygens (including phenoxy) is 1. The molecule has 2 rings (SSSR count). The first-order valence-electron chi connectivity index (χ1n) is 7.10. The van der Waals surface area contributed by atoms with Gasteiger partial charge in [-0.25, -0.2) is 0 Å². The molecule has 0 aromatic heterocycles. The van der Waals surface area contributed by atoms with E-state index in [9.17, 15) is 4.79 Å². The lowest BCUT2D eigenvalue weighted by Gasteiger charge is -2.13. The average molecular weight is 296 g/mol. The minimum atomic E-state index is -0.129. The maximum atomic E-state index is 12.0. The summed E-state index contributed by atoms with van der Waals surface area (Å²) in [4.78, 5) is 12.0. The minimum Gasteiger partial charge on any atom is -0.487 e. The third-order valence-corrected chi connectivity index (χ3v) is 2.86. The zero-order valence-electron chi connectivity index (χ0n) is 12.6. The summed E-state index contributed by atoms with van der Waals surface area (Å²) in [6.45, 7) is 6.31. The van der Waals surface area contributed by atoms with Crippen molar-refractivity contribution >= 4 is 17.3 Å². The van der Waals surface area contributed by atoms with Crippen LogP contribution in [0.25, 0.3) is 0 Å². The minimum absolute atomic E-state index is 0.129. The lowest BCUT2D eigenvalue weighted by atomic mass is 10.3. The van der Waals surface area contributed by atoms with Crippen LogP contribution < -0.4 is 15.4 Å². The van der Waals surface area contributed by atoms with Crippen LogP contribution >= 0.6 is 0 Å². The topological polar surface area (TPSA) is 50.4 Å². The van der Waals surface area contributed by atoms with E-state index in [-0.39, 0.29) is 12.5 Å². The van der Waals surface area contributed by atoms with Crippen molar-refractivity contribution < 1.29 is 9.53 Å². The number of anilines is 2. The van der Waals surface area contributed by atoms with Gasteiger partial charge < -0.3 is 15.4 Å². The molecule has 4 heteroatoms. The maximum absolute atomic E-state index is 12.0. The van der Waals surface area contributed by atoms with E-state index in [1.807, 2.05) is 61.5 Å². The van der Waals surface area contributed by atoms with Gasteiger partial charge in [0, 0.05) is 5.69 Å². The molecule has 0 heterocycles. The van der Waals surface area contributed by atoms with Crippen LogP contribution in [0.15, 0.2) is 66.7 Å². The summed E-state index contributed by atoms with van der Waals surface area (Å²) in [5.41, 5.74) is 2.49. The van der Waals surface area contributed by atoms with Crippen LogP contribution in [0.2, 0.25) is 0 Å². The van der Waals surface area contributed by atoms with Crippen molar-refractivity contribution in [3.8, 4) is 5.75 Å². The van der Waals surface area contributed by atoms with Crippen LogP contribution in [0, 0.1) is 0 Å². The van der Waals surface area contributed by atoms with Gasteiger partial charge in [0.05, 0.1) is 12.2 Å². The number of nitrogens with one attached hydrogen (secondary N) is 2. The Labute approximate surface area is 130 Å². The molecule has 0 saturated carbocycles. The van der Waals surface area contributed by atoms with Gasteiger partial charge in [-0.15, -0.1) is 0 Å². The van der Waals surface area contributed by atoms with Crippen molar-refractivity contribution in [2.75, 3.05) is 23.8 Å². The van der Waals surface area contributed by atoms with Crippen molar-refractivity contribution in [2.24, 2.45) is 0 Å². The van der Waals surface area contributed by atoms with Gasteiger partial charge in [-0.3, -0.25) is 4.79 Å². The van der Waals surface area contributed by atoms with E-state index in [0.29, 0.717) is 18.0 Å². The highest BCUT2D eigenvalue weighted by Gasteiger charge is 2.07. The summed E-state index contributed by atoms with van der Waals surface area (Å²) in [7, 11) is 0. The molecular weight excluding hydrogens is 276 g/mol. The lowest BCUT2D eigenvalue weighted by Crippen LogP contribution is -2.22. The molecule has 22 heavy (non-hydrogen) atoms. The molecule has 1 amide bonds. The fourth-order valence-electron chi connectivity index (χ4n) is 1.83. The lowest BCUT2D eigenvalue weighted by molar-refractivity contribution is -0.114. The maximum Gasteiger partial charge on any atom is 0.243 e. The first-order chi connectivity index (χ1) is 10.6. The predicted octanol–water partition coefficient (Wildman–Crippen LogP) is 3.69. The molecule has 0 radical (unpaired) electrons. The van der Waals surface area contributed by atoms with Crippen LogP contribution in [-0.4, -0.2) is 19.1 Å². The summed E-state index contributed by atoms with van der Waals surface area (Å²) in [5.74, 6) is 0.508. The average Bonchev–Trinajstić information content (AvgIpc) is 2.53. The monoisotopic (exact) mass is 296 g/mol. The SMILES string of the molecule is C=C(C)COc1ccccc1NC(=O)CNc1ccccc1. The number of amides is 1. The van der Waals surface area contributed by atoms with Crippen molar-refractivity contribution in [1.82, 2.24) is 0 Å². The standard InChI is InChI=1S/C18H20N2O2/c1-14(2)13-22-17-11-7-6-10-16(17)20-18(21)12-19-15-8-4-3-5-9-15/h3-11,19H,1,12-13H2,2H3,(H,20,21). The molecule has 2 N–H and O–H groups in total. The summed E-state index contributed by atoms with van der Waals surface area (Å²) in [5, 5.41) is 5.92. The number of carbonyl (C=O) groups excluding carboxylic acids is 1. The first-order valence-corrected chi connectivity index (χ1v) is 7.10. The van der Waals surface area contributed by atoms with Gasteiger partial charge >= 0.3 is 0 Å². The smallest absolute Gasteiger partial charge is 0.243 e. The molecule has 2 aromatic rings. The second-order valence-electron chi connectivity index (χ2n) is 5.01. The van der Waals surface area contributed by atoms with Crippen LogP contribution in [0.1, 0.15) is 6.92 Å². The second-order valence-corrected chi connectivity index (χ2v) is 5.01. The molecule has 0 atom stereocenters. The molecule has 114 valence electrons. The molecular formula is C18H20N2O2. The van der Waals surface area contributed by atoms with Gasteiger partial charge in [-0.05, 0) is 36.8 Å². The van der Waals surface area contributed by atoms with E-state index in [0.717, 1.165) is 11.3 Å². The van der Waals surface area contributed by atoms with Crippen LogP contribution in [0.5, 0.6) is 5.75 Å². The fraction of sp³-hybridized carbons (Fsp3) is 0.167. The van der Waals surface area contributed by atoms with Crippen molar-refractivity contribution in [3.05, 3.63) is 66.7 Å². The van der Waals surface area contributed by atoms with Gasteiger partial charge in [0.15, 0.2) is 0 Å². The van der Waals surface area contributed by atoms with Gasteiger partial charge in [0.25, 0.3) is 0 Å². The summed E-state index contributed by atoms with van der Waals surface area (Å²) in [6, 6.07) is 17.0. The largest absolute Gasteiger partial charge is 0.487 e. The van der Waals surface area contributed by atoms with Crippen LogP contribution in [0.4, 0.5) is 11.4 Å². The molecule has 0 aliphatic carbocycles. The Morgan fingerprint density at radius 2 is 1.77 bits per heavy atom. The van der Waals surface area contributed by atoms with E-state index in [4.69, 9.17) is 4.74 Å². The molecule has 4 nitrogen and oxygen atoms in total. The van der Waals surface area contributed by atoms with E-state index in [1.54, 1.807) is 0 Å². The van der Waals surface area contributed by atoms with Gasteiger partial charge in [0.2, 0.25) is 5.91 Å². The van der Waals surface area contributed by atoms with E-state index < -0.39 is 0 Å². The molecule has 0 aliphatic rings. The van der Waals surface area contributed by atoms with Crippen molar-refractivity contribution in [2.45, 2.75) is 6.92 Å².